The standard InChI is InChI=1S/C18H15ClN2O5S/c1-9-13-16(27-14(9)18(25)26)20-15(10-4-6-11(19)7-5-10)21(17(13)24)8-2-3-12(22)23/h4-7H,2-3,8H2,1H3,(H,22,23)(H,25,26). The van der Waals surface area contributed by atoms with E-state index in [0.717, 1.165) is 11.3 Å². The van der Waals surface area contributed by atoms with Crippen molar-refractivity contribution in [2.75, 3.05) is 0 Å². The minimum Gasteiger partial charge on any atom is -0.481 e. The summed E-state index contributed by atoms with van der Waals surface area (Å²) in [5, 5.41) is 19.0. The molecule has 0 atom stereocenters. The normalized spacial score (nSPS) is 11.0. The molecule has 0 aliphatic rings. The predicted molar refractivity (Wildman–Crippen MR) is 103 cm³/mol. The monoisotopic (exact) mass is 406 g/mol. The van der Waals surface area contributed by atoms with Gasteiger partial charge in [0.2, 0.25) is 0 Å². The van der Waals surface area contributed by atoms with Crippen molar-refractivity contribution in [2.24, 2.45) is 0 Å². The zero-order valence-corrected chi connectivity index (χ0v) is 15.8. The molecule has 140 valence electrons. The third-order valence-corrected chi connectivity index (χ3v) is 5.55. The summed E-state index contributed by atoms with van der Waals surface area (Å²) in [7, 11) is 0. The zero-order chi connectivity index (χ0) is 19.7. The van der Waals surface area contributed by atoms with E-state index >= 15 is 0 Å². The number of rotatable bonds is 6. The Bertz CT molecular complexity index is 1100. The second kappa shape index (κ2) is 7.50. The lowest BCUT2D eigenvalue weighted by molar-refractivity contribution is -0.137. The van der Waals surface area contributed by atoms with E-state index in [1.165, 1.54) is 4.57 Å². The van der Waals surface area contributed by atoms with Crippen LogP contribution in [0, 0.1) is 6.92 Å². The number of aryl methyl sites for hydroxylation is 1. The molecule has 2 N–H and O–H groups in total. The van der Waals surface area contributed by atoms with Crippen molar-refractivity contribution >= 4 is 45.1 Å². The summed E-state index contributed by atoms with van der Waals surface area (Å²) in [5.41, 5.74) is 0.628. The molecule has 0 spiro atoms. The second-order valence-electron chi connectivity index (χ2n) is 5.94. The first-order chi connectivity index (χ1) is 12.8. The van der Waals surface area contributed by atoms with Crippen molar-refractivity contribution in [3.8, 4) is 11.4 Å². The number of aromatic nitrogens is 2. The number of hydrogen-bond donors (Lipinski definition) is 2. The molecule has 0 fully saturated rings. The summed E-state index contributed by atoms with van der Waals surface area (Å²) in [4.78, 5) is 40.3. The number of aliphatic carboxylic acids is 1. The van der Waals surface area contributed by atoms with Crippen molar-refractivity contribution in [3.63, 3.8) is 0 Å². The Balaban J connectivity index is 2.24. The number of benzene rings is 1. The average molecular weight is 407 g/mol. The van der Waals surface area contributed by atoms with E-state index in [1.807, 2.05) is 0 Å². The van der Waals surface area contributed by atoms with Crippen LogP contribution >= 0.6 is 22.9 Å². The van der Waals surface area contributed by atoms with Crippen LogP contribution in [0.5, 0.6) is 0 Å². The lowest BCUT2D eigenvalue weighted by atomic mass is 10.1. The molecule has 9 heteroatoms. The van der Waals surface area contributed by atoms with Gasteiger partial charge in [0.05, 0.1) is 5.39 Å². The first kappa shape index (κ1) is 19.1. The van der Waals surface area contributed by atoms with Crippen LogP contribution in [0.15, 0.2) is 29.1 Å². The molecule has 0 aliphatic heterocycles. The van der Waals surface area contributed by atoms with Crippen molar-refractivity contribution in [1.29, 1.82) is 0 Å². The molecule has 2 aromatic heterocycles. The molecule has 0 saturated heterocycles. The van der Waals surface area contributed by atoms with Crippen molar-refractivity contribution in [1.82, 2.24) is 9.55 Å². The van der Waals surface area contributed by atoms with Gasteiger partial charge in [-0.25, -0.2) is 9.78 Å². The van der Waals surface area contributed by atoms with Gasteiger partial charge in [0.1, 0.15) is 15.5 Å². The quantitative estimate of drug-likeness (QED) is 0.646. The molecule has 0 aliphatic carbocycles. The molecule has 27 heavy (non-hydrogen) atoms. The minimum absolute atomic E-state index is 0.0694. The fraction of sp³-hybridized carbons (Fsp3) is 0.222. The maximum atomic E-state index is 13.1. The summed E-state index contributed by atoms with van der Waals surface area (Å²) >= 11 is 6.88. The summed E-state index contributed by atoms with van der Waals surface area (Å²) in [6.45, 7) is 1.73. The smallest absolute Gasteiger partial charge is 0.346 e. The molecular formula is C18H15ClN2O5S. The van der Waals surface area contributed by atoms with E-state index in [2.05, 4.69) is 4.98 Å². The Morgan fingerprint density at radius 2 is 1.89 bits per heavy atom. The van der Waals surface area contributed by atoms with Gasteiger partial charge < -0.3 is 10.2 Å². The summed E-state index contributed by atoms with van der Waals surface area (Å²) in [5.74, 6) is -1.71. The number of fused-ring (bicyclic) bond motifs is 1. The number of carbonyl (C=O) groups is 2. The number of halogens is 1. The van der Waals surface area contributed by atoms with Gasteiger partial charge in [-0.1, -0.05) is 11.6 Å². The Morgan fingerprint density at radius 3 is 2.48 bits per heavy atom. The topological polar surface area (TPSA) is 109 Å². The van der Waals surface area contributed by atoms with E-state index in [4.69, 9.17) is 16.7 Å². The zero-order valence-electron chi connectivity index (χ0n) is 14.2. The molecule has 0 radical (unpaired) electrons. The maximum absolute atomic E-state index is 13.1. The van der Waals surface area contributed by atoms with E-state index in [1.54, 1.807) is 31.2 Å². The van der Waals surface area contributed by atoms with Crippen LogP contribution < -0.4 is 5.56 Å². The Morgan fingerprint density at radius 1 is 1.22 bits per heavy atom. The van der Waals surface area contributed by atoms with E-state index in [9.17, 15) is 19.5 Å². The molecule has 7 nitrogen and oxygen atoms in total. The number of carboxylic acids is 2. The van der Waals surface area contributed by atoms with Gasteiger partial charge in [-0.3, -0.25) is 14.2 Å². The first-order valence-corrected chi connectivity index (χ1v) is 9.24. The van der Waals surface area contributed by atoms with Crippen LogP contribution in [0.1, 0.15) is 28.1 Å². The lowest BCUT2D eigenvalue weighted by Crippen LogP contribution is -2.24. The maximum Gasteiger partial charge on any atom is 0.346 e. The van der Waals surface area contributed by atoms with E-state index < -0.39 is 11.9 Å². The molecule has 1 aromatic carbocycles. The van der Waals surface area contributed by atoms with Gasteiger partial charge in [-0.2, -0.15) is 0 Å². The SMILES string of the molecule is Cc1c(C(=O)O)sc2nc(-c3ccc(Cl)cc3)n(CCCC(=O)O)c(=O)c12. The van der Waals surface area contributed by atoms with Gasteiger partial charge >= 0.3 is 11.9 Å². The average Bonchev–Trinajstić information content (AvgIpc) is 2.94. The lowest BCUT2D eigenvalue weighted by Gasteiger charge is -2.12. The third-order valence-electron chi connectivity index (χ3n) is 4.12. The van der Waals surface area contributed by atoms with Crippen molar-refractivity contribution in [2.45, 2.75) is 26.3 Å². The number of hydrogen-bond acceptors (Lipinski definition) is 5. The Hall–Kier alpha value is -2.71. The van der Waals surface area contributed by atoms with E-state index in [-0.39, 0.29) is 35.2 Å². The van der Waals surface area contributed by atoms with Crippen LogP contribution in [0.3, 0.4) is 0 Å². The molecular weight excluding hydrogens is 392 g/mol. The first-order valence-electron chi connectivity index (χ1n) is 8.04. The summed E-state index contributed by atoms with van der Waals surface area (Å²) < 4.78 is 1.40. The van der Waals surface area contributed by atoms with Crippen LogP contribution in [0.4, 0.5) is 0 Å². The highest BCUT2D eigenvalue weighted by Crippen LogP contribution is 2.30. The highest BCUT2D eigenvalue weighted by atomic mass is 35.5. The van der Waals surface area contributed by atoms with E-state index in [0.29, 0.717) is 26.8 Å². The van der Waals surface area contributed by atoms with Crippen LogP contribution in [0.2, 0.25) is 5.02 Å². The highest BCUT2D eigenvalue weighted by molar-refractivity contribution is 7.20. The molecule has 3 aromatic rings. The second-order valence-corrected chi connectivity index (χ2v) is 7.37. The van der Waals surface area contributed by atoms with Gasteiger partial charge in [-0.05, 0) is 43.2 Å². The predicted octanol–water partition coefficient (Wildman–Crippen LogP) is 3.65. The molecule has 0 unspecified atom stereocenters. The van der Waals surface area contributed by atoms with Gasteiger partial charge in [0, 0.05) is 23.6 Å². The number of thiophene rings is 1. The molecule has 3 rings (SSSR count). The number of aromatic carboxylic acids is 1. The van der Waals surface area contributed by atoms with Crippen LogP contribution in [-0.4, -0.2) is 31.7 Å². The molecule has 0 bridgehead atoms. The molecule has 0 amide bonds. The molecule has 0 saturated carbocycles. The fourth-order valence-electron chi connectivity index (χ4n) is 2.84. The number of nitrogens with zero attached hydrogens (tertiary/aromatic N) is 2. The van der Waals surface area contributed by atoms with Gasteiger partial charge in [0.15, 0.2) is 0 Å². The summed E-state index contributed by atoms with van der Waals surface area (Å²) in [6.07, 6.45) is 0.158. The number of carboxylic acid groups (broad SMARTS) is 2. The van der Waals surface area contributed by atoms with Crippen molar-refractivity contribution < 1.29 is 19.8 Å². The van der Waals surface area contributed by atoms with Crippen LogP contribution in [-0.2, 0) is 11.3 Å². The van der Waals surface area contributed by atoms with Gasteiger partial charge in [-0.15, -0.1) is 11.3 Å². The third kappa shape index (κ3) is 3.72. The van der Waals surface area contributed by atoms with Gasteiger partial charge in [0.25, 0.3) is 5.56 Å². The summed E-state index contributed by atoms with van der Waals surface area (Å²) in [6, 6.07) is 6.75. The largest absolute Gasteiger partial charge is 0.481 e. The highest BCUT2D eigenvalue weighted by Gasteiger charge is 2.21. The van der Waals surface area contributed by atoms with Crippen molar-refractivity contribution in [3.05, 3.63) is 50.1 Å². The molecule has 2 heterocycles. The minimum atomic E-state index is -1.11. The Labute approximate surface area is 162 Å². The van der Waals surface area contributed by atoms with Crippen LogP contribution in [0.25, 0.3) is 21.6 Å². The fourth-order valence-corrected chi connectivity index (χ4v) is 3.97. The Kier molecular flexibility index (Phi) is 5.29.